The number of ether oxygens (including phenoxy) is 2. The molecule has 0 aliphatic carbocycles. The molecule has 1 aliphatic rings. The van der Waals surface area contributed by atoms with E-state index in [-0.39, 0.29) is 16.9 Å². The van der Waals surface area contributed by atoms with Crippen molar-refractivity contribution in [3.8, 4) is 5.75 Å². The number of aliphatic hydroxyl groups is 1. The van der Waals surface area contributed by atoms with Crippen LogP contribution in [0, 0.1) is 0 Å². The molecule has 2 aromatic rings. The van der Waals surface area contributed by atoms with Gasteiger partial charge in [-0.1, -0.05) is 49.7 Å². The molecule has 3 rings (SSSR count). The second-order valence-corrected chi connectivity index (χ2v) is 8.44. The van der Waals surface area contributed by atoms with E-state index in [4.69, 9.17) is 21.1 Å². The summed E-state index contributed by atoms with van der Waals surface area (Å²) in [4.78, 5) is 27.5. The summed E-state index contributed by atoms with van der Waals surface area (Å²) in [5.74, 6) is -1.00. The normalized spacial score (nSPS) is 17.9. The Labute approximate surface area is 193 Å². The van der Waals surface area contributed by atoms with Gasteiger partial charge in [0.2, 0.25) is 0 Å². The Balaban J connectivity index is 2.17. The average molecular weight is 458 g/mol. The molecule has 0 saturated carbocycles. The highest BCUT2D eigenvalue weighted by molar-refractivity contribution is 6.46. The molecule has 170 valence electrons. The van der Waals surface area contributed by atoms with E-state index in [9.17, 15) is 14.7 Å². The minimum Gasteiger partial charge on any atom is -0.507 e. The molecule has 0 spiro atoms. The lowest BCUT2D eigenvalue weighted by atomic mass is 9.93. The van der Waals surface area contributed by atoms with Gasteiger partial charge in [-0.25, -0.2) is 0 Å². The van der Waals surface area contributed by atoms with E-state index < -0.39 is 17.7 Å². The number of rotatable bonds is 8. The van der Waals surface area contributed by atoms with E-state index in [0.717, 1.165) is 11.1 Å². The average Bonchev–Trinajstić information content (AvgIpc) is 3.03. The molecule has 0 bridgehead atoms. The van der Waals surface area contributed by atoms with Crippen molar-refractivity contribution in [2.45, 2.75) is 32.2 Å². The van der Waals surface area contributed by atoms with Gasteiger partial charge < -0.3 is 19.5 Å². The molecule has 1 atom stereocenters. The number of amides is 1. The fourth-order valence-corrected chi connectivity index (χ4v) is 4.08. The van der Waals surface area contributed by atoms with E-state index >= 15 is 0 Å². The lowest BCUT2D eigenvalue weighted by Crippen LogP contribution is -2.31. The molecule has 2 aromatic carbocycles. The van der Waals surface area contributed by atoms with Gasteiger partial charge in [-0.15, -0.1) is 0 Å². The molecule has 1 aliphatic heterocycles. The largest absolute Gasteiger partial charge is 0.507 e. The second-order valence-electron chi connectivity index (χ2n) is 8.00. The van der Waals surface area contributed by atoms with Gasteiger partial charge in [-0.05, 0) is 41.7 Å². The van der Waals surface area contributed by atoms with Crippen molar-refractivity contribution in [3.63, 3.8) is 0 Å². The molecular weight excluding hydrogens is 430 g/mol. The van der Waals surface area contributed by atoms with Crippen LogP contribution in [0.15, 0.2) is 48.0 Å². The molecule has 1 amide bonds. The van der Waals surface area contributed by atoms with Gasteiger partial charge in [0.1, 0.15) is 11.5 Å². The Morgan fingerprint density at radius 3 is 2.41 bits per heavy atom. The van der Waals surface area contributed by atoms with Crippen LogP contribution in [0.3, 0.4) is 0 Å². The van der Waals surface area contributed by atoms with Crippen LogP contribution in [0.5, 0.6) is 5.75 Å². The summed E-state index contributed by atoms with van der Waals surface area (Å²) in [5, 5.41) is 11.6. The zero-order valence-electron chi connectivity index (χ0n) is 18.7. The van der Waals surface area contributed by atoms with Crippen LogP contribution in [-0.2, 0) is 14.3 Å². The molecule has 1 fully saturated rings. The van der Waals surface area contributed by atoms with Crippen molar-refractivity contribution in [3.05, 3.63) is 69.8 Å². The van der Waals surface area contributed by atoms with Crippen molar-refractivity contribution in [2.75, 3.05) is 27.4 Å². The highest BCUT2D eigenvalue weighted by atomic mass is 35.5. The predicted molar refractivity (Wildman–Crippen MR) is 124 cm³/mol. The van der Waals surface area contributed by atoms with Crippen LogP contribution in [0.25, 0.3) is 5.76 Å². The maximum absolute atomic E-state index is 13.1. The van der Waals surface area contributed by atoms with Crippen LogP contribution in [0.2, 0.25) is 5.02 Å². The summed E-state index contributed by atoms with van der Waals surface area (Å²) < 4.78 is 10.5. The number of methoxy groups -OCH3 is 2. The number of benzene rings is 2. The van der Waals surface area contributed by atoms with E-state index in [0.29, 0.717) is 36.3 Å². The zero-order valence-corrected chi connectivity index (χ0v) is 19.5. The lowest BCUT2D eigenvalue weighted by molar-refractivity contribution is -0.140. The van der Waals surface area contributed by atoms with Crippen molar-refractivity contribution >= 4 is 29.1 Å². The molecule has 32 heavy (non-hydrogen) atoms. The monoisotopic (exact) mass is 457 g/mol. The third-order valence-electron chi connectivity index (χ3n) is 5.62. The third kappa shape index (κ3) is 4.66. The molecule has 7 heteroatoms. The zero-order chi connectivity index (χ0) is 23.4. The smallest absolute Gasteiger partial charge is 0.295 e. The summed E-state index contributed by atoms with van der Waals surface area (Å²) in [5.41, 5.74) is 2.17. The Morgan fingerprint density at radius 2 is 1.81 bits per heavy atom. The molecule has 1 N–H and O–H groups in total. The maximum Gasteiger partial charge on any atom is 0.295 e. The first-order chi connectivity index (χ1) is 15.3. The first kappa shape index (κ1) is 23.8. The number of ketones is 1. The summed E-state index contributed by atoms with van der Waals surface area (Å²) in [7, 11) is 3.05. The molecule has 0 aromatic heterocycles. The van der Waals surface area contributed by atoms with Gasteiger partial charge in [0.25, 0.3) is 11.7 Å². The second kappa shape index (κ2) is 10.2. The minimum atomic E-state index is -0.736. The first-order valence-corrected chi connectivity index (χ1v) is 10.9. The Morgan fingerprint density at radius 1 is 1.12 bits per heavy atom. The minimum absolute atomic E-state index is 0.0188. The number of aliphatic hydroxyl groups excluding tert-OH is 1. The van der Waals surface area contributed by atoms with Crippen LogP contribution in [0.4, 0.5) is 0 Å². The van der Waals surface area contributed by atoms with Gasteiger partial charge in [0.15, 0.2) is 0 Å². The highest BCUT2D eigenvalue weighted by Crippen LogP contribution is 2.41. The fraction of sp³-hybridized carbons (Fsp3) is 0.360. The number of hydrogen-bond acceptors (Lipinski definition) is 5. The molecule has 0 radical (unpaired) electrons. The first-order valence-electron chi connectivity index (χ1n) is 10.5. The summed E-state index contributed by atoms with van der Waals surface area (Å²) in [6, 6.07) is 11.8. The Kier molecular flexibility index (Phi) is 7.59. The number of carbonyl (C=O) groups excluding carboxylic acids is 2. The molecule has 1 heterocycles. The number of Topliss-reactive ketones (excluding diaryl/α,β-unsaturated/α-hetero) is 1. The molecule has 1 unspecified atom stereocenters. The molecule has 6 nitrogen and oxygen atoms in total. The topological polar surface area (TPSA) is 76.1 Å². The Bertz CT molecular complexity index is 1030. The van der Waals surface area contributed by atoms with E-state index in [2.05, 4.69) is 13.8 Å². The van der Waals surface area contributed by atoms with E-state index in [1.54, 1.807) is 19.2 Å². The van der Waals surface area contributed by atoms with Crippen LogP contribution in [0.1, 0.15) is 48.9 Å². The van der Waals surface area contributed by atoms with Crippen LogP contribution in [-0.4, -0.2) is 49.1 Å². The van der Waals surface area contributed by atoms with Gasteiger partial charge >= 0.3 is 0 Å². The number of carbonyl (C=O) groups is 2. The van der Waals surface area contributed by atoms with Crippen molar-refractivity contribution < 1.29 is 24.2 Å². The standard InChI is InChI=1S/C25H28ClNO5/c1-15(2)16-6-8-17(9-7-16)22-21(24(29)25(30)27(22)12-5-13-31-3)23(28)19-14-18(26)10-11-20(19)32-4/h6-11,14-15,22,28H,5,12-13H2,1-4H3/b23-21+. The SMILES string of the molecule is COCCCN1C(=O)C(=O)/C(=C(/O)c2cc(Cl)ccc2OC)C1c1ccc(C(C)C)cc1. The van der Waals surface area contributed by atoms with Crippen molar-refractivity contribution in [1.29, 1.82) is 0 Å². The van der Waals surface area contributed by atoms with E-state index in [1.165, 1.54) is 18.1 Å². The quantitative estimate of drug-likeness (QED) is 0.263. The Hall–Kier alpha value is -2.83. The molecule has 1 saturated heterocycles. The van der Waals surface area contributed by atoms with E-state index in [1.807, 2.05) is 24.3 Å². The van der Waals surface area contributed by atoms with Gasteiger partial charge in [-0.2, -0.15) is 0 Å². The fourth-order valence-electron chi connectivity index (χ4n) is 3.91. The number of nitrogens with zero attached hydrogens (tertiary/aromatic N) is 1. The summed E-state index contributed by atoms with van der Waals surface area (Å²) >= 11 is 6.14. The predicted octanol–water partition coefficient (Wildman–Crippen LogP) is 4.93. The van der Waals surface area contributed by atoms with Gasteiger partial charge in [0.05, 0.1) is 24.3 Å². The third-order valence-corrected chi connectivity index (χ3v) is 5.86. The van der Waals surface area contributed by atoms with Gasteiger partial charge in [0, 0.05) is 25.3 Å². The van der Waals surface area contributed by atoms with Crippen molar-refractivity contribution in [2.24, 2.45) is 0 Å². The van der Waals surface area contributed by atoms with Crippen LogP contribution < -0.4 is 4.74 Å². The van der Waals surface area contributed by atoms with Gasteiger partial charge in [-0.3, -0.25) is 9.59 Å². The number of halogens is 1. The maximum atomic E-state index is 13.1. The highest BCUT2D eigenvalue weighted by Gasteiger charge is 2.46. The lowest BCUT2D eigenvalue weighted by Gasteiger charge is -2.25. The number of hydrogen-bond donors (Lipinski definition) is 1. The number of likely N-dealkylation sites (tertiary alicyclic amines) is 1. The summed E-state index contributed by atoms with van der Waals surface area (Å²) in [6.07, 6.45) is 0.560. The van der Waals surface area contributed by atoms with Crippen molar-refractivity contribution in [1.82, 2.24) is 4.90 Å². The molecular formula is C25H28ClNO5. The summed E-state index contributed by atoms with van der Waals surface area (Å²) in [6.45, 7) is 4.96. The van der Waals surface area contributed by atoms with Crippen LogP contribution >= 0.6 is 11.6 Å².